The molecule has 92 valence electrons. The van der Waals surface area contributed by atoms with Crippen molar-refractivity contribution in [3.8, 4) is 0 Å². The third kappa shape index (κ3) is 1.71. The minimum Gasteiger partial charge on any atom is -0.396 e. The standard InChI is InChI=1S/C15H20O2/c16-9-8-15(17)10-11-4-3-7-14(15)13-6-2-1-5-12(11)13/h1-2,5-6,11,14,16-17H,3-4,7-10H2/t11-,14-,15+/m1/s1. The molecule has 1 fully saturated rings. The maximum atomic E-state index is 10.8. The Morgan fingerprint density at radius 2 is 1.94 bits per heavy atom. The lowest BCUT2D eigenvalue weighted by Crippen LogP contribution is -2.41. The highest BCUT2D eigenvalue weighted by molar-refractivity contribution is 5.39. The zero-order chi connectivity index (χ0) is 11.9. The Hall–Kier alpha value is -0.860. The van der Waals surface area contributed by atoms with Gasteiger partial charge in [0, 0.05) is 12.5 Å². The van der Waals surface area contributed by atoms with E-state index < -0.39 is 5.60 Å². The van der Waals surface area contributed by atoms with Crippen molar-refractivity contribution in [2.45, 2.75) is 49.5 Å². The van der Waals surface area contributed by atoms with Crippen LogP contribution in [-0.4, -0.2) is 22.4 Å². The van der Waals surface area contributed by atoms with E-state index in [1.54, 1.807) is 0 Å². The van der Waals surface area contributed by atoms with Gasteiger partial charge in [-0.15, -0.1) is 0 Å². The Kier molecular flexibility index (Phi) is 2.72. The molecule has 0 amide bonds. The molecule has 1 aromatic carbocycles. The highest BCUT2D eigenvalue weighted by Crippen LogP contribution is 2.53. The van der Waals surface area contributed by atoms with Gasteiger partial charge in [-0.3, -0.25) is 0 Å². The van der Waals surface area contributed by atoms with E-state index in [-0.39, 0.29) is 12.5 Å². The summed E-state index contributed by atoms with van der Waals surface area (Å²) in [6.45, 7) is 0.0852. The van der Waals surface area contributed by atoms with Crippen molar-refractivity contribution < 1.29 is 10.2 Å². The maximum absolute atomic E-state index is 10.8. The molecule has 3 atom stereocenters. The van der Waals surface area contributed by atoms with Gasteiger partial charge in [-0.1, -0.05) is 30.7 Å². The van der Waals surface area contributed by atoms with E-state index in [2.05, 4.69) is 24.3 Å². The molecule has 0 saturated heterocycles. The van der Waals surface area contributed by atoms with Crippen LogP contribution >= 0.6 is 0 Å². The van der Waals surface area contributed by atoms with E-state index in [1.165, 1.54) is 24.0 Å². The quantitative estimate of drug-likeness (QED) is 0.822. The molecular weight excluding hydrogens is 212 g/mol. The first kappa shape index (κ1) is 11.2. The summed E-state index contributed by atoms with van der Waals surface area (Å²) < 4.78 is 0. The van der Waals surface area contributed by atoms with Crippen molar-refractivity contribution in [3.05, 3.63) is 35.4 Å². The molecule has 1 aromatic rings. The number of aliphatic hydroxyl groups excluding tert-OH is 1. The molecule has 3 aliphatic rings. The number of rotatable bonds is 2. The van der Waals surface area contributed by atoms with E-state index in [9.17, 15) is 10.2 Å². The Morgan fingerprint density at radius 1 is 1.18 bits per heavy atom. The molecule has 3 aliphatic carbocycles. The lowest BCUT2D eigenvalue weighted by Gasteiger charge is -2.42. The molecule has 2 nitrogen and oxygen atoms in total. The fourth-order valence-corrected chi connectivity index (χ4v) is 3.89. The predicted molar refractivity (Wildman–Crippen MR) is 67.0 cm³/mol. The van der Waals surface area contributed by atoms with Crippen molar-refractivity contribution in [2.75, 3.05) is 6.61 Å². The molecule has 0 radical (unpaired) electrons. The maximum Gasteiger partial charge on any atom is 0.0743 e. The SMILES string of the molecule is OCC[C@]1(O)C[C@H]2CCC[C@@H]1c1ccccc12. The van der Waals surface area contributed by atoms with Crippen LogP contribution in [0.25, 0.3) is 0 Å². The van der Waals surface area contributed by atoms with Crippen LogP contribution in [0.2, 0.25) is 0 Å². The number of hydrogen-bond acceptors (Lipinski definition) is 2. The van der Waals surface area contributed by atoms with Gasteiger partial charge in [-0.05, 0) is 42.7 Å². The first-order valence-electron chi connectivity index (χ1n) is 6.67. The Morgan fingerprint density at radius 3 is 2.71 bits per heavy atom. The zero-order valence-corrected chi connectivity index (χ0v) is 10.1. The van der Waals surface area contributed by atoms with Gasteiger partial charge in [-0.2, -0.15) is 0 Å². The van der Waals surface area contributed by atoms with Gasteiger partial charge in [0.1, 0.15) is 0 Å². The normalized spacial score (nSPS) is 35.4. The molecule has 17 heavy (non-hydrogen) atoms. The summed E-state index contributed by atoms with van der Waals surface area (Å²) in [4.78, 5) is 0. The molecule has 2 N–H and O–H groups in total. The fraction of sp³-hybridized carbons (Fsp3) is 0.600. The molecule has 4 rings (SSSR count). The molecule has 0 aliphatic heterocycles. The number of aliphatic hydroxyl groups is 2. The van der Waals surface area contributed by atoms with Crippen molar-refractivity contribution in [1.82, 2.24) is 0 Å². The van der Waals surface area contributed by atoms with Crippen LogP contribution in [0.15, 0.2) is 24.3 Å². The second kappa shape index (κ2) is 4.11. The first-order chi connectivity index (χ1) is 8.24. The highest BCUT2D eigenvalue weighted by atomic mass is 16.3. The lowest BCUT2D eigenvalue weighted by molar-refractivity contribution is -0.0253. The molecule has 0 heterocycles. The molecule has 2 heteroatoms. The summed E-state index contributed by atoms with van der Waals surface area (Å²) >= 11 is 0. The van der Waals surface area contributed by atoms with Crippen molar-refractivity contribution in [2.24, 2.45) is 0 Å². The second-order valence-electron chi connectivity index (χ2n) is 5.59. The third-order valence-corrected chi connectivity index (χ3v) is 4.65. The molecule has 0 unspecified atom stereocenters. The minimum absolute atomic E-state index is 0.0852. The summed E-state index contributed by atoms with van der Waals surface area (Å²) in [5.74, 6) is 0.714. The average molecular weight is 232 g/mol. The van der Waals surface area contributed by atoms with Gasteiger partial charge >= 0.3 is 0 Å². The topological polar surface area (TPSA) is 40.5 Å². The summed E-state index contributed by atoms with van der Waals surface area (Å²) in [6, 6.07) is 8.56. The number of fused-ring (bicyclic) bond motifs is 3. The van der Waals surface area contributed by atoms with Crippen LogP contribution in [0.5, 0.6) is 0 Å². The van der Waals surface area contributed by atoms with Gasteiger partial charge < -0.3 is 10.2 Å². The van der Waals surface area contributed by atoms with E-state index in [0.29, 0.717) is 12.3 Å². The zero-order valence-electron chi connectivity index (χ0n) is 10.1. The van der Waals surface area contributed by atoms with Crippen molar-refractivity contribution in [1.29, 1.82) is 0 Å². The van der Waals surface area contributed by atoms with E-state index in [4.69, 9.17) is 0 Å². The van der Waals surface area contributed by atoms with Crippen LogP contribution in [-0.2, 0) is 0 Å². The van der Waals surface area contributed by atoms with E-state index >= 15 is 0 Å². The Labute approximate surface area is 102 Å². The fourth-order valence-electron chi connectivity index (χ4n) is 3.89. The van der Waals surface area contributed by atoms with E-state index in [0.717, 1.165) is 12.8 Å². The number of benzene rings is 1. The predicted octanol–water partition coefficient (Wildman–Crippen LogP) is 2.55. The summed E-state index contributed by atoms with van der Waals surface area (Å²) in [5, 5.41) is 20.0. The molecule has 1 saturated carbocycles. The van der Waals surface area contributed by atoms with Crippen LogP contribution in [0.1, 0.15) is 55.1 Å². The monoisotopic (exact) mass is 232 g/mol. The smallest absolute Gasteiger partial charge is 0.0743 e. The molecule has 2 bridgehead atoms. The van der Waals surface area contributed by atoms with Gasteiger partial charge in [0.05, 0.1) is 5.60 Å². The van der Waals surface area contributed by atoms with Crippen LogP contribution in [0.4, 0.5) is 0 Å². The molecule has 0 aromatic heterocycles. The van der Waals surface area contributed by atoms with Crippen LogP contribution in [0, 0.1) is 0 Å². The second-order valence-corrected chi connectivity index (χ2v) is 5.59. The van der Waals surface area contributed by atoms with Gasteiger partial charge in [0.25, 0.3) is 0 Å². The minimum atomic E-state index is -0.676. The first-order valence-corrected chi connectivity index (χ1v) is 6.67. The average Bonchev–Trinajstić information content (AvgIpc) is 2.60. The lowest BCUT2D eigenvalue weighted by atomic mass is 9.67. The Bertz CT molecular complexity index is 415. The molecular formula is C15H20O2. The van der Waals surface area contributed by atoms with E-state index in [1.807, 2.05) is 0 Å². The van der Waals surface area contributed by atoms with Crippen LogP contribution < -0.4 is 0 Å². The largest absolute Gasteiger partial charge is 0.396 e. The summed E-state index contributed by atoms with van der Waals surface area (Å²) in [6.07, 6.45) is 4.78. The van der Waals surface area contributed by atoms with Gasteiger partial charge in [-0.25, -0.2) is 0 Å². The number of hydrogen-bond donors (Lipinski definition) is 2. The van der Waals surface area contributed by atoms with Crippen molar-refractivity contribution >= 4 is 0 Å². The summed E-state index contributed by atoms with van der Waals surface area (Å²) in [5.41, 5.74) is 2.10. The van der Waals surface area contributed by atoms with Gasteiger partial charge in [0.15, 0.2) is 0 Å². The Balaban J connectivity index is 2.08. The third-order valence-electron chi connectivity index (χ3n) is 4.65. The van der Waals surface area contributed by atoms with Crippen molar-refractivity contribution in [3.63, 3.8) is 0 Å². The van der Waals surface area contributed by atoms with Crippen LogP contribution in [0.3, 0.4) is 0 Å². The van der Waals surface area contributed by atoms with Gasteiger partial charge in [0.2, 0.25) is 0 Å². The summed E-state index contributed by atoms with van der Waals surface area (Å²) in [7, 11) is 0. The molecule has 0 spiro atoms. The highest BCUT2D eigenvalue weighted by Gasteiger charge is 2.46.